The average Bonchev–Trinajstić information content (AvgIpc) is 2.86. The summed E-state index contributed by atoms with van der Waals surface area (Å²) in [7, 11) is 1.46. The number of aliphatic hydroxyl groups excluding tert-OH is 1. The minimum atomic E-state index is -0.805. The molecular weight excluding hydrogens is 324 g/mol. The third-order valence-corrected chi connectivity index (χ3v) is 4.14. The molecule has 0 spiro atoms. The molecule has 1 heterocycles. The highest BCUT2D eigenvalue weighted by Gasteiger charge is 2.44. The van der Waals surface area contributed by atoms with E-state index in [9.17, 15) is 24.8 Å². The minimum Gasteiger partial charge on any atom is -0.507 e. The Kier molecular flexibility index (Phi) is 4.06. The van der Waals surface area contributed by atoms with Gasteiger partial charge in [0.1, 0.15) is 5.76 Å². The molecule has 0 radical (unpaired) electrons. The SMILES string of the molecule is CN1C(=O)C(=O)/C(=C(/O)c2ccccc2)[C@H]1c1ccc([N+](=O)[O-])cc1. The first-order valence-corrected chi connectivity index (χ1v) is 7.46. The molecule has 1 atom stereocenters. The lowest BCUT2D eigenvalue weighted by atomic mass is 9.95. The number of carbonyl (C=O) groups is 2. The summed E-state index contributed by atoms with van der Waals surface area (Å²) >= 11 is 0. The van der Waals surface area contributed by atoms with Crippen molar-refractivity contribution in [2.24, 2.45) is 0 Å². The smallest absolute Gasteiger partial charge is 0.295 e. The van der Waals surface area contributed by atoms with Crippen molar-refractivity contribution in [2.75, 3.05) is 7.05 Å². The highest BCUT2D eigenvalue weighted by Crippen LogP contribution is 2.38. The van der Waals surface area contributed by atoms with Crippen molar-refractivity contribution >= 4 is 23.1 Å². The van der Waals surface area contributed by atoms with Gasteiger partial charge < -0.3 is 10.0 Å². The lowest BCUT2D eigenvalue weighted by Crippen LogP contribution is -2.24. The topological polar surface area (TPSA) is 101 Å². The fraction of sp³-hybridized carbons (Fsp3) is 0.111. The molecule has 0 bridgehead atoms. The van der Waals surface area contributed by atoms with E-state index in [0.29, 0.717) is 11.1 Å². The largest absolute Gasteiger partial charge is 0.507 e. The molecule has 25 heavy (non-hydrogen) atoms. The number of Topliss-reactive ketones (excluding diaryl/α,β-unsaturated/α-hetero) is 1. The molecule has 0 aliphatic carbocycles. The van der Waals surface area contributed by atoms with Gasteiger partial charge in [0, 0.05) is 24.7 Å². The summed E-state index contributed by atoms with van der Waals surface area (Å²) in [5.41, 5.74) is 0.790. The number of amides is 1. The number of likely N-dealkylation sites (tertiary alicyclic amines) is 1. The molecule has 1 aliphatic heterocycles. The molecule has 7 nitrogen and oxygen atoms in total. The lowest BCUT2D eigenvalue weighted by Gasteiger charge is -2.20. The molecule has 0 saturated carbocycles. The number of ketones is 1. The second-order valence-corrected chi connectivity index (χ2v) is 5.62. The van der Waals surface area contributed by atoms with E-state index in [0.717, 1.165) is 0 Å². The zero-order valence-corrected chi connectivity index (χ0v) is 13.2. The van der Waals surface area contributed by atoms with E-state index in [1.807, 2.05) is 0 Å². The number of carbonyl (C=O) groups excluding carboxylic acids is 2. The third kappa shape index (κ3) is 2.76. The summed E-state index contributed by atoms with van der Waals surface area (Å²) in [5, 5.41) is 21.4. The molecule has 1 saturated heterocycles. The van der Waals surface area contributed by atoms with Gasteiger partial charge in [-0.05, 0) is 17.7 Å². The van der Waals surface area contributed by atoms with Crippen molar-refractivity contribution in [3.05, 3.63) is 81.4 Å². The maximum atomic E-state index is 12.4. The molecule has 3 rings (SSSR count). The molecule has 2 aromatic rings. The molecule has 1 aliphatic rings. The van der Waals surface area contributed by atoms with Gasteiger partial charge in [-0.15, -0.1) is 0 Å². The van der Waals surface area contributed by atoms with Crippen molar-refractivity contribution in [1.82, 2.24) is 4.90 Å². The van der Waals surface area contributed by atoms with Gasteiger partial charge in [0.05, 0.1) is 16.5 Å². The Morgan fingerprint density at radius 3 is 2.24 bits per heavy atom. The Balaban J connectivity index is 2.13. The number of hydrogen-bond acceptors (Lipinski definition) is 5. The van der Waals surface area contributed by atoms with Crippen LogP contribution in [0.2, 0.25) is 0 Å². The van der Waals surface area contributed by atoms with Gasteiger partial charge in [-0.25, -0.2) is 0 Å². The number of likely N-dealkylation sites (N-methyl/N-ethyl adjacent to an activating group) is 1. The number of non-ortho nitro benzene ring substituents is 1. The van der Waals surface area contributed by atoms with Crippen LogP contribution in [0.1, 0.15) is 17.2 Å². The van der Waals surface area contributed by atoms with Crippen molar-refractivity contribution < 1.29 is 19.6 Å². The standard InChI is InChI=1S/C18H14N2O5/c1-19-15(11-7-9-13(10-8-11)20(24)25)14(17(22)18(19)23)16(21)12-5-3-2-4-6-12/h2-10,15,21H,1H3/b16-14+/t15-/m1/s1. The number of aliphatic hydroxyl groups is 1. The van der Waals surface area contributed by atoms with Gasteiger partial charge in [0.25, 0.3) is 17.4 Å². The van der Waals surface area contributed by atoms with E-state index < -0.39 is 22.7 Å². The van der Waals surface area contributed by atoms with E-state index >= 15 is 0 Å². The number of rotatable bonds is 3. The van der Waals surface area contributed by atoms with Crippen LogP contribution in [0.25, 0.3) is 5.76 Å². The van der Waals surface area contributed by atoms with E-state index in [4.69, 9.17) is 0 Å². The molecule has 0 unspecified atom stereocenters. The van der Waals surface area contributed by atoms with Gasteiger partial charge in [-0.3, -0.25) is 19.7 Å². The van der Waals surface area contributed by atoms with Gasteiger partial charge in [-0.1, -0.05) is 30.3 Å². The van der Waals surface area contributed by atoms with Crippen LogP contribution in [0.4, 0.5) is 5.69 Å². The van der Waals surface area contributed by atoms with Crippen LogP contribution in [0, 0.1) is 10.1 Å². The van der Waals surface area contributed by atoms with Crippen molar-refractivity contribution in [1.29, 1.82) is 0 Å². The van der Waals surface area contributed by atoms with Crippen molar-refractivity contribution in [3.63, 3.8) is 0 Å². The number of hydrogen-bond donors (Lipinski definition) is 1. The second kappa shape index (κ2) is 6.20. The van der Waals surface area contributed by atoms with Crippen LogP contribution in [0.3, 0.4) is 0 Å². The predicted octanol–water partition coefficient (Wildman–Crippen LogP) is 2.65. The number of nitro groups is 1. The van der Waals surface area contributed by atoms with Crippen LogP contribution < -0.4 is 0 Å². The van der Waals surface area contributed by atoms with Gasteiger partial charge in [0.15, 0.2) is 0 Å². The molecule has 1 N–H and O–H groups in total. The zero-order chi connectivity index (χ0) is 18.1. The molecule has 1 fully saturated rings. The molecule has 0 aromatic heterocycles. The van der Waals surface area contributed by atoms with Crippen LogP contribution in [0.5, 0.6) is 0 Å². The Bertz CT molecular complexity index is 887. The first-order chi connectivity index (χ1) is 11.9. The number of benzene rings is 2. The van der Waals surface area contributed by atoms with E-state index in [1.54, 1.807) is 30.3 Å². The normalized spacial score (nSPS) is 19.2. The quantitative estimate of drug-likeness (QED) is 0.305. The number of nitrogens with zero attached hydrogens (tertiary/aromatic N) is 2. The first kappa shape index (κ1) is 16.4. The molecule has 126 valence electrons. The summed E-state index contributed by atoms with van der Waals surface area (Å²) in [6.07, 6.45) is 0. The molecular formula is C18H14N2O5. The fourth-order valence-electron chi connectivity index (χ4n) is 2.87. The lowest BCUT2D eigenvalue weighted by molar-refractivity contribution is -0.384. The minimum absolute atomic E-state index is 0.0347. The van der Waals surface area contributed by atoms with E-state index in [1.165, 1.54) is 36.2 Å². The van der Waals surface area contributed by atoms with Crippen molar-refractivity contribution in [2.45, 2.75) is 6.04 Å². The Morgan fingerprint density at radius 2 is 1.68 bits per heavy atom. The van der Waals surface area contributed by atoms with Gasteiger partial charge in [0.2, 0.25) is 0 Å². The predicted molar refractivity (Wildman–Crippen MR) is 89.6 cm³/mol. The second-order valence-electron chi connectivity index (χ2n) is 5.62. The van der Waals surface area contributed by atoms with Gasteiger partial charge >= 0.3 is 0 Å². The summed E-state index contributed by atoms with van der Waals surface area (Å²) in [6, 6.07) is 13.2. The summed E-state index contributed by atoms with van der Waals surface area (Å²) in [6.45, 7) is 0. The summed E-state index contributed by atoms with van der Waals surface area (Å²) < 4.78 is 0. The Morgan fingerprint density at radius 1 is 1.08 bits per heavy atom. The highest BCUT2D eigenvalue weighted by atomic mass is 16.6. The van der Waals surface area contributed by atoms with Crippen LogP contribution in [-0.4, -0.2) is 33.7 Å². The Labute approximate surface area is 143 Å². The maximum absolute atomic E-state index is 12.4. The van der Waals surface area contributed by atoms with Crippen LogP contribution in [-0.2, 0) is 9.59 Å². The monoisotopic (exact) mass is 338 g/mol. The molecule has 1 amide bonds. The molecule has 7 heteroatoms. The number of nitro benzene ring substituents is 1. The van der Waals surface area contributed by atoms with Gasteiger partial charge in [-0.2, -0.15) is 0 Å². The van der Waals surface area contributed by atoms with Crippen molar-refractivity contribution in [3.8, 4) is 0 Å². The van der Waals surface area contributed by atoms with Crippen LogP contribution in [0.15, 0.2) is 60.2 Å². The van der Waals surface area contributed by atoms with E-state index in [-0.39, 0.29) is 17.0 Å². The molecule has 2 aromatic carbocycles. The first-order valence-electron chi connectivity index (χ1n) is 7.46. The maximum Gasteiger partial charge on any atom is 0.295 e. The van der Waals surface area contributed by atoms with Crippen LogP contribution >= 0.6 is 0 Å². The highest BCUT2D eigenvalue weighted by molar-refractivity contribution is 6.46. The summed E-state index contributed by atoms with van der Waals surface area (Å²) in [4.78, 5) is 36.0. The Hall–Kier alpha value is -3.48. The third-order valence-electron chi connectivity index (χ3n) is 4.14. The average molecular weight is 338 g/mol. The van der Waals surface area contributed by atoms with E-state index in [2.05, 4.69) is 0 Å². The fourth-order valence-corrected chi connectivity index (χ4v) is 2.87. The summed E-state index contributed by atoms with van der Waals surface area (Å²) in [5.74, 6) is -1.79. The zero-order valence-electron chi connectivity index (χ0n) is 13.2.